The van der Waals surface area contributed by atoms with Crippen LogP contribution in [0.4, 0.5) is 4.39 Å². The number of benzene rings is 1. The summed E-state index contributed by atoms with van der Waals surface area (Å²) in [5.74, 6) is 2.36. The largest absolute Gasteiger partial charge is 0.144 e. The zero-order valence-corrected chi connectivity index (χ0v) is 6.91. The quantitative estimate of drug-likeness (QED) is 0.540. The monoisotopic (exact) mass is 175 g/mol. The highest BCUT2D eigenvalue weighted by atomic mass is 32.1. The molecule has 0 atom stereocenters. The second-order valence-corrected chi connectivity index (χ2v) is 3.22. The van der Waals surface area contributed by atoms with E-state index in [1.807, 2.05) is 17.5 Å². The van der Waals surface area contributed by atoms with Crippen molar-refractivity contribution >= 4 is 21.4 Å². The van der Waals surface area contributed by atoms with Crippen LogP contribution in [-0.2, 0) is 0 Å². The Morgan fingerprint density at radius 3 is 3.17 bits per heavy atom. The Balaban J connectivity index is 2.65. The molecule has 0 fully saturated rings. The number of hydrogen-bond donors (Lipinski definition) is 0. The standard InChI is InChI=1S/C10H4FS/c11-5-3-8-1-2-10-9(7-8)4-6-12-10/h1-2,6-7H. The van der Waals surface area contributed by atoms with Crippen LogP contribution in [0.15, 0.2) is 23.6 Å². The van der Waals surface area contributed by atoms with Gasteiger partial charge in [-0.1, -0.05) is 0 Å². The number of hydrogen-bond acceptors (Lipinski definition) is 1. The van der Waals surface area contributed by atoms with Crippen molar-refractivity contribution in [3.8, 4) is 12.1 Å². The lowest BCUT2D eigenvalue weighted by Crippen LogP contribution is -1.70. The van der Waals surface area contributed by atoms with Crippen molar-refractivity contribution in [2.24, 2.45) is 0 Å². The van der Waals surface area contributed by atoms with E-state index in [0.717, 1.165) is 10.1 Å². The lowest BCUT2D eigenvalue weighted by Gasteiger charge is -1.89. The molecule has 0 aliphatic carbocycles. The maximum Gasteiger partial charge on any atom is 0.111 e. The smallest absolute Gasteiger partial charge is 0.111 e. The van der Waals surface area contributed by atoms with Crippen molar-refractivity contribution in [3.05, 3.63) is 35.2 Å². The predicted octanol–water partition coefficient (Wildman–Crippen LogP) is 2.98. The van der Waals surface area contributed by atoms with Gasteiger partial charge in [-0.2, -0.15) is 0 Å². The fourth-order valence-electron chi connectivity index (χ4n) is 1.03. The van der Waals surface area contributed by atoms with E-state index in [1.54, 1.807) is 17.4 Å². The molecule has 0 nitrogen and oxygen atoms in total. The minimum Gasteiger partial charge on any atom is -0.144 e. The summed E-state index contributed by atoms with van der Waals surface area (Å²) in [6, 6.07) is 8.61. The van der Waals surface area contributed by atoms with E-state index in [4.69, 9.17) is 0 Å². The van der Waals surface area contributed by atoms with Crippen LogP contribution in [-0.4, -0.2) is 0 Å². The van der Waals surface area contributed by atoms with Crippen molar-refractivity contribution in [3.63, 3.8) is 0 Å². The molecule has 1 heterocycles. The summed E-state index contributed by atoms with van der Waals surface area (Å²) >= 11 is 1.62. The highest BCUT2D eigenvalue weighted by Gasteiger charge is 1.94. The van der Waals surface area contributed by atoms with Gasteiger partial charge in [-0.05, 0) is 29.5 Å². The second-order valence-electron chi connectivity index (χ2n) is 2.31. The molecule has 1 aromatic heterocycles. The molecule has 0 amide bonds. The van der Waals surface area contributed by atoms with Crippen LogP contribution in [0.3, 0.4) is 0 Å². The first-order valence-electron chi connectivity index (χ1n) is 3.41. The summed E-state index contributed by atoms with van der Waals surface area (Å²) in [7, 11) is 0. The fraction of sp³-hybridized carbons (Fsp3) is 0. The first-order chi connectivity index (χ1) is 5.90. The highest BCUT2D eigenvalue weighted by molar-refractivity contribution is 7.17. The predicted molar refractivity (Wildman–Crippen MR) is 48.6 cm³/mol. The number of fused-ring (bicyclic) bond motifs is 1. The lowest BCUT2D eigenvalue weighted by molar-refractivity contribution is 0.774. The summed E-state index contributed by atoms with van der Waals surface area (Å²) in [5, 5.41) is 2.89. The molecule has 2 heteroatoms. The van der Waals surface area contributed by atoms with E-state index in [9.17, 15) is 4.39 Å². The van der Waals surface area contributed by atoms with E-state index >= 15 is 0 Å². The summed E-state index contributed by atoms with van der Waals surface area (Å²) in [6.45, 7) is 0. The number of halogens is 1. The molecule has 0 aliphatic rings. The van der Waals surface area contributed by atoms with Crippen LogP contribution in [0.1, 0.15) is 5.56 Å². The van der Waals surface area contributed by atoms with Crippen LogP contribution in [0, 0.1) is 18.2 Å². The van der Waals surface area contributed by atoms with Crippen LogP contribution >= 0.6 is 11.3 Å². The van der Waals surface area contributed by atoms with Crippen LogP contribution in [0.25, 0.3) is 10.1 Å². The Kier molecular flexibility index (Phi) is 1.81. The van der Waals surface area contributed by atoms with Crippen LogP contribution in [0.5, 0.6) is 0 Å². The van der Waals surface area contributed by atoms with Crippen molar-refractivity contribution in [1.82, 2.24) is 0 Å². The van der Waals surface area contributed by atoms with E-state index in [1.165, 1.54) is 6.17 Å². The van der Waals surface area contributed by atoms with E-state index < -0.39 is 0 Å². The first kappa shape index (κ1) is 7.33. The molecule has 0 aliphatic heterocycles. The third-order valence-electron chi connectivity index (χ3n) is 1.57. The van der Waals surface area contributed by atoms with Gasteiger partial charge in [-0.15, -0.1) is 15.7 Å². The summed E-state index contributed by atoms with van der Waals surface area (Å²) in [5.41, 5.74) is 0.694. The molecule has 1 aromatic carbocycles. The fourth-order valence-corrected chi connectivity index (χ4v) is 1.74. The third kappa shape index (κ3) is 1.19. The van der Waals surface area contributed by atoms with Gasteiger partial charge in [-0.25, -0.2) is 0 Å². The molecule has 2 rings (SSSR count). The molecule has 0 saturated heterocycles. The molecular weight excluding hydrogens is 171 g/mol. The van der Waals surface area contributed by atoms with Crippen LogP contribution in [0.2, 0.25) is 0 Å². The van der Waals surface area contributed by atoms with Gasteiger partial charge in [0.1, 0.15) is 6.17 Å². The van der Waals surface area contributed by atoms with Gasteiger partial charge < -0.3 is 0 Å². The highest BCUT2D eigenvalue weighted by Crippen LogP contribution is 2.20. The molecule has 12 heavy (non-hydrogen) atoms. The Bertz CT molecular complexity index is 459. The average Bonchev–Trinajstić information content (AvgIpc) is 2.51. The molecule has 0 N–H and O–H groups in total. The molecule has 2 aromatic rings. The van der Waals surface area contributed by atoms with Crippen molar-refractivity contribution in [2.45, 2.75) is 0 Å². The second kappa shape index (κ2) is 2.96. The number of thiophene rings is 1. The van der Waals surface area contributed by atoms with E-state index in [2.05, 4.69) is 12.0 Å². The Hall–Kier alpha value is -1.33. The molecule has 57 valence electrons. The van der Waals surface area contributed by atoms with Gasteiger partial charge in [-0.3, -0.25) is 0 Å². The summed E-state index contributed by atoms with van der Waals surface area (Å²) in [4.78, 5) is 0. The zero-order valence-electron chi connectivity index (χ0n) is 6.10. The molecule has 0 unspecified atom stereocenters. The van der Waals surface area contributed by atoms with Gasteiger partial charge in [0.2, 0.25) is 0 Å². The summed E-state index contributed by atoms with van der Waals surface area (Å²) < 4.78 is 12.8. The molecule has 0 spiro atoms. The maximum absolute atomic E-state index is 11.6. The third-order valence-corrected chi connectivity index (χ3v) is 2.42. The van der Waals surface area contributed by atoms with Crippen LogP contribution < -0.4 is 0 Å². The van der Waals surface area contributed by atoms with Crippen molar-refractivity contribution in [1.29, 1.82) is 0 Å². The lowest BCUT2D eigenvalue weighted by atomic mass is 10.2. The van der Waals surface area contributed by atoms with Gasteiger partial charge in [0, 0.05) is 21.7 Å². The van der Waals surface area contributed by atoms with Crippen molar-refractivity contribution in [2.75, 3.05) is 0 Å². The van der Waals surface area contributed by atoms with Crippen molar-refractivity contribution < 1.29 is 4.39 Å². The molecule has 0 saturated carbocycles. The average molecular weight is 175 g/mol. The van der Waals surface area contributed by atoms with Gasteiger partial charge >= 0.3 is 0 Å². The minimum atomic E-state index is 0.694. The molecule has 1 radical (unpaired) electrons. The Morgan fingerprint density at radius 1 is 1.42 bits per heavy atom. The Morgan fingerprint density at radius 2 is 2.33 bits per heavy atom. The van der Waals surface area contributed by atoms with E-state index in [-0.39, 0.29) is 0 Å². The summed E-state index contributed by atoms with van der Waals surface area (Å²) in [6.07, 6.45) is 1.38. The van der Waals surface area contributed by atoms with Gasteiger partial charge in [0.05, 0.1) is 0 Å². The Labute approximate surface area is 73.6 Å². The normalized spacial score (nSPS) is 9.42. The minimum absolute atomic E-state index is 0.694. The SMILES string of the molecule is FC#Cc1ccc2sc[c]c2c1. The topological polar surface area (TPSA) is 0 Å². The van der Waals surface area contributed by atoms with E-state index in [0.29, 0.717) is 5.56 Å². The zero-order chi connectivity index (χ0) is 8.39. The molecule has 0 bridgehead atoms. The maximum atomic E-state index is 11.6. The molecular formula is C10H4FS. The van der Waals surface area contributed by atoms with Gasteiger partial charge in [0.25, 0.3) is 0 Å². The first-order valence-corrected chi connectivity index (χ1v) is 4.29. The van der Waals surface area contributed by atoms with Gasteiger partial charge in [0.15, 0.2) is 0 Å². The number of rotatable bonds is 0.